The second kappa shape index (κ2) is 7.61. The quantitative estimate of drug-likeness (QED) is 0.430. The van der Waals surface area contributed by atoms with Gasteiger partial charge in [0.2, 0.25) is 5.16 Å². The molecule has 0 fully saturated rings. The monoisotopic (exact) mass is 420 g/mol. The van der Waals surface area contributed by atoms with Crippen molar-refractivity contribution in [2.24, 2.45) is 0 Å². The SMILES string of the molecule is Clc1ccc(-n2c(Cc3ccccc3)nnc2Sc2ccc3nnnn3n2)cc1. The molecule has 0 spiro atoms. The van der Waals surface area contributed by atoms with E-state index in [-0.39, 0.29) is 0 Å². The van der Waals surface area contributed by atoms with Crippen molar-refractivity contribution in [1.29, 1.82) is 0 Å². The molecule has 0 radical (unpaired) electrons. The lowest BCUT2D eigenvalue weighted by Crippen LogP contribution is -2.04. The molecule has 0 saturated carbocycles. The summed E-state index contributed by atoms with van der Waals surface area (Å²) in [6.45, 7) is 0. The lowest BCUT2D eigenvalue weighted by atomic mass is 10.1. The summed E-state index contributed by atoms with van der Waals surface area (Å²) in [6.07, 6.45) is 0.649. The van der Waals surface area contributed by atoms with E-state index in [1.54, 1.807) is 0 Å². The van der Waals surface area contributed by atoms with Gasteiger partial charge < -0.3 is 0 Å². The van der Waals surface area contributed by atoms with E-state index < -0.39 is 0 Å². The van der Waals surface area contributed by atoms with E-state index in [0.29, 0.717) is 27.3 Å². The summed E-state index contributed by atoms with van der Waals surface area (Å²) in [6, 6.07) is 21.4. The molecule has 0 N–H and O–H groups in total. The van der Waals surface area contributed by atoms with E-state index >= 15 is 0 Å². The maximum atomic E-state index is 6.08. The minimum Gasteiger partial charge on any atom is -0.273 e. The molecule has 10 heteroatoms. The van der Waals surface area contributed by atoms with Gasteiger partial charge in [-0.15, -0.1) is 25.0 Å². The van der Waals surface area contributed by atoms with Gasteiger partial charge in [0.05, 0.1) is 0 Å². The van der Waals surface area contributed by atoms with Crippen molar-refractivity contribution in [3.63, 3.8) is 0 Å². The van der Waals surface area contributed by atoms with Crippen LogP contribution in [0.2, 0.25) is 5.02 Å². The Morgan fingerprint density at radius 1 is 0.862 bits per heavy atom. The van der Waals surface area contributed by atoms with Crippen molar-refractivity contribution in [3.05, 3.63) is 83.1 Å². The highest BCUT2D eigenvalue weighted by Gasteiger charge is 2.17. The van der Waals surface area contributed by atoms with Crippen molar-refractivity contribution < 1.29 is 0 Å². The molecule has 0 aliphatic rings. The number of rotatable bonds is 5. The smallest absolute Gasteiger partial charge is 0.202 e. The third kappa shape index (κ3) is 3.69. The predicted octanol–water partition coefficient (Wildman–Crippen LogP) is 3.50. The molecule has 142 valence electrons. The third-order valence-electron chi connectivity index (χ3n) is 4.23. The molecule has 0 aliphatic carbocycles. The van der Waals surface area contributed by atoms with Crippen LogP contribution in [0.4, 0.5) is 0 Å². The van der Waals surface area contributed by atoms with Gasteiger partial charge in [0.15, 0.2) is 5.65 Å². The number of hydrogen-bond donors (Lipinski definition) is 0. The highest BCUT2D eigenvalue weighted by Crippen LogP contribution is 2.29. The van der Waals surface area contributed by atoms with Gasteiger partial charge in [-0.3, -0.25) is 4.57 Å². The number of tetrazole rings is 1. The topological polar surface area (TPSA) is 86.7 Å². The molecule has 0 unspecified atom stereocenters. The average molecular weight is 421 g/mol. The summed E-state index contributed by atoms with van der Waals surface area (Å²) < 4.78 is 3.40. The Hall–Kier alpha value is -3.30. The van der Waals surface area contributed by atoms with Gasteiger partial charge in [-0.05, 0) is 64.2 Å². The largest absolute Gasteiger partial charge is 0.273 e. The number of aromatic nitrogens is 8. The summed E-state index contributed by atoms with van der Waals surface area (Å²) >= 11 is 7.47. The zero-order valence-electron chi connectivity index (χ0n) is 14.9. The molecular formula is C19H13ClN8S. The molecular weight excluding hydrogens is 408 g/mol. The molecule has 8 nitrogen and oxygen atoms in total. The number of fused-ring (bicyclic) bond motifs is 1. The third-order valence-corrected chi connectivity index (χ3v) is 5.36. The first-order valence-electron chi connectivity index (χ1n) is 8.74. The van der Waals surface area contributed by atoms with E-state index in [1.807, 2.05) is 59.2 Å². The minimum atomic E-state index is 0.582. The van der Waals surface area contributed by atoms with Crippen LogP contribution >= 0.6 is 23.4 Å². The van der Waals surface area contributed by atoms with Gasteiger partial charge in [0.1, 0.15) is 10.9 Å². The van der Waals surface area contributed by atoms with Crippen LogP contribution in [0.25, 0.3) is 11.3 Å². The van der Waals surface area contributed by atoms with Gasteiger partial charge in [0, 0.05) is 17.1 Å². The summed E-state index contributed by atoms with van der Waals surface area (Å²) in [5, 5.41) is 26.7. The molecule has 5 aromatic rings. The van der Waals surface area contributed by atoms with Gasteiger partial charge in [-0.1, -0.05) is 41.9 Å². The fraction of sp³-hybridized carbons (Fsp3) is 0.0526. The maximum absolute atomic E-state index is 6.08. The normalized spacial score (nSPS) is 11.2. The zero-order valence-corrected chi connectivity index (χ0v) is 16.5. The van der Waals surface area contributed by atoms with E-state index in [9.17, 15) is 0 Å². The number of nitrogens with zero attached hydrogens (tertiary/aromatic N) is 8. The Morgan fingerprint density at radius 2 is 1.69 bits per heavy atom. The van der Waals surface area contributed by atoms with Crippen LogP contribution in [0, 0.1) is 0 Å². The van der Waals surface area contributed by atoms with Crippen LogP contribution in [0.5, 0.6) is 0 Å². The number of benzene rings is 2. The van der Waals surface area contributed by atoms with E-state index in [0.717, 1.165) is 17.1 Å². The van der Waals surface area contributed by atoms with Crippen molar-refractivity contribution in [2.75, 3.05) is 0 Å². The lowest BCUT2D eigenvalue weighted by Gasteiger charge is -2.10. The maximum Gasteiger partial charge on any atom is 0.202 e. The molecule has 0 aliphatic heterocycles. The highest BCUT2D eigenvalue weighted by molar-refractivity contribution is 7.99. The molecule has 2 aromatic carbocycles. The van der Waals surface area contributed by atoms with Crippen molar-refractivity contribution in [2.45, 2.75) is 16.6 Å². The fourth-order valence-electron chi connectivity index (χ4n) is 2.89. The van der Waals surface area contributed by atoms with Crippen LogP contribution < -0.4 is 0 Å². The second-order valence-corrected chi connectivity index (χ2v) is 7.60. The van der Waals surface area contributed by atoms with Crippen molar-refractivity contribution in [1.82, 2.24) is 40.0 Å². The summed E-state index contributed by atoms with van der Waals surface area (Å²) in [5.74, 6) is 0.824. The minimum absolute atomic E-state index is 0.582. The van der Waals surface area contributed by atoms with Gasteiger partial charge in [-0.25, -0.2) is 0 Å². The summed E-state index contributed by atoms with van der Waals surface area (Å²) in [4.78, 5) is 0. The summed E-state index contributed by atoms with van der Waals surface area (Å²) in [5.41, 5.74) is 2.66. The Balaban J connectivity index is 1.55. The molecule has 0 bridgehead atoms. The van der Waals surface area contributed by atoms with Gasteiger partial charge in [-0.2, -0.15) is 0 Å². The Morgan fingerprint density at radius 3 is 2.52 bits per heavy atom. The van der Waals surface area contributed by atoms with Crippen LogP contribution in [0.15, 0.2) is 76.9 Å². The van der Waals surface area contributed by atoms with Crippen molar-refractivity contribution >= 4 is 29.0 Å². The molecule has 5 rings (SSSR count). The zero-order chi connectivity index (χ0) is 19.6. The standard InChI is InChI=1S/C19H13ClN8S/c20-14-6-8-15(9-7-14)27-17(12-13-4-2-1-3-5-13)21-23-19(27)29-18-11-10-16-22-25-26-28(16)24-18/h1-11H,12H2. The molecule has 0 saturated heterocycles. The van der Waals surface area contributed by atoms with Crippen LogP contribution in [-0.4, -0.2) is 40.0 Å². The molecule has 29 heavy (non-hydrogen) atoms. The van der Waals surface area contributed by atoms with E-state index in [4.69, 9.17) is 11.6 Å². The van der Waals surface area contributed by atoms with E-state index in [1.165, 1.54) is 16.4 Å². The van der Waals surface area contributed by atoms with Gasteiger partial charge >= 0.3 is 0 Å². The van der Waals surface area contributed by atoms with Gasteiger partial charge in [0.25, 0.3) is 0 Å². The molecule has 3 heterocycles. The van der Waals surface area contributed by atoms with Crippen LogP contribution in [0.3, 0.4) is 0 Å². The predicted molar refractivity (Wildman–Crippen MR) is 108 cm³/mol. The Bertz CT molecular complexity index is 1270. The number of hydrogen-bond acceptors (Lipinski definition) is 7. The first-order valence-corrected chi connectivity index (χ1v) is 9.93. The lowest BCUT2D eigenvalue weighted by molar-refractivity contribution is 0.701. The van der Waals surface area contributed by atoms with Crippen LogP contribution in [0.1, 0.15) is 11.4 Å². The first kappa shape index (κ1) is 17.8. The van der Waals surface area contributed by atoms with E-state index in [2.05, 4.69) is 43.0 Å². The molecule has 3 aromatic heterocycles. The summed E-state index contributed by atoms with van der Waals surface area (Å²) in [7, 11) is 0. The molecule has 0 amide bonds. The molecule has 0 atom stereocenters. The Kier molecular flexibility index (Phi) is 4.66. The number of halogens is 1. The first-order chi connectivity index (χ1) is 14.3. The fourth-order valence-corrected chi connectivity index (χ4v) is 3.84. The highest BCUT2D eigenvalue weighted by atomic mass is 35.5. The second-order valence-electron chi connectivity index (χ2n) is 6.17. The average Bonchev–Trinajstić information content (AvgIpc) is 3.36. The Labute approximate surface area is 174 Å². The van der Waals surface area contributed by atoms with Crippen LogP contribution in [-0.2, 0) is 6.42 Å². The van der Waals surface area contributed by atoms with Crippen molar-refractivity contribution in [3.8, 4) is 5.69 Å².